The molecular weight excluding hydrogens is 348 g/mol. The van der Waals surface area contributed by atoms with Crippen molar-refractivity contribution in [3.63, 3.8) is 0 Å². The van der Waals surface area contributed by atoms with Crippen LogP contribution in [0.4, 0.5) is 5.69 Å². The number of hydrogen-bond donors (Lipinski definition) is 1. The van der Waals surface area contributed by atoms with Gasteiger partial charge in [0.05, 0.1) is 19.6 Å². The topological polar surface area (TPSA) is 55.6 Å². The first-order chi connectivity index (χ1) is 13.4. The number of carbonyl (C=O) groups is 1. The molecule has 1 fully saturated rings. The average molecular weight is 381 g/mol. The standard InChI is InChI=1S/C24H32N2O2/c1-16(2)21-13-19(14-22(17(3)4)23(21)15-24(25)27)18-5-7-20(8-6-18)26-9-11-28-12-10-26/h5-8,13-14,16-17H,9-12,15H2,1-4H3,(H2,25,27). The fraction of sp³-hybridized carbons (Fsp3) is 0.458. The monoisotopic (exact) mass is 380 g/mol. The second-order valence-corrected chi connectivity index (χ2v) is 8.23. The number of ether oxygens (including phenoxy) is 1. The Morgan fingerprint density at radius 3 is 1.96 bits per heavy atom. The van der Waals surface area contributed by atoms with E-state index < -0.39 is 0 Å². The van der Waals surface area contributed by atoms with E-state index in [0.717, 1.165) is 31.9 Å². The lowest BCUT2D eigenvalue weighted by atomic mass is 9.84. The number of rotatable bonds is 6. The minimum absolute atomic E-state index is 0.272. The number of nitrogens with two attached hydrogens (primary N) is 1. The summed E-state index contributed by atoms with van der Waals surface area (Å²) in [6, 6.07) is 13.3. The van der Waals surface area contributed by atoms with Crippen LogP contribution in [-0.2, 0) is 16.0 Å². The number of carbonyl (C=O) groups excluding carboxylic acids is 1. The molecule has 2 N–H and O–H groups in total. The summed E-state index contributed by atoms with van der Waals surface area (Å²) in [5, 5.41) is 0. The van der Waals surface area contributed by atoms with Crippen molar-refractivity contribution in [2.45, 2.75) is 46.0 Å². The Morgan fingerprint density at radius 2 is 1.50 bits per heavy atom. The van der Waals surface area contributed by atoms with Crippen LogP contribution in [0.15, 0.2) is 36.4 Å². The lowest BCUT2D eigenvalue weighted by Crippen LogP contribution is -2.36. The molecule has 0 spiro atoms. The number of anilines is 1. The maximum atomic E-state index is 11.7. The maximum Gasteiger partial charge on any atom is 0.221 e. The van der Waals surface area contributed by atoms with Crippen molar-refractivity contribution in [2.24, 2.45) is 5.73 Å². The summed E-state index contributed by atoms with van der Waals surface area (Å²) in [7, 11) is 0. The molecule has 2 aromatic carbocycles. The second kappa shape index (κ2) is 8.78. The van der Waals surface area contributed by atoms with E-state index in [-0.39, 0.29) is 5.91 Å². The molecule has 0 bridgehead atoms. The smallest absolute Gasteiger partial charge is 0.221 e. The maximum absolute atomic E-state index is 11.7. The molecule has 0 saturated carbocycles. The van der Waals surface area contributed by atoms with E-state index >= 15 is 0 Å². The van der Waals surface area contributed by atoms with Crippen molar-refractivity contribution in [3.8, 4) is 11.1 Å². The summed E-state index contributed by atoms with van der Waals surface area (Å²) in [4.78, 5) is 14.0. The highest BCUT2D eigenvalue weighted by Crippen LogP contribution is 2.34. The summed E-state index contributed by atoms with van der Waals surface area (Å²) in [5.74, 6) is 0.394. The number of benzene rings is 2. The molecular formula is C24H32N2O2. The molecule has 1 aliphatic rings. The average Bonchev–Trinajstić information content (AvgIpc) is 2.68. The first-order valence-corrected chi connectivity index (χ1v) is 10.2. The Bertz CT molecular complexity index is 790. The number of morpholine rings is 1. The molecule has 4 heteroatoms. The zero-order chi connectivity index (χ0) is 20.3. The van der Waals surface area contributed by atoms with Crippen LogP contribution in [0.5, 0.6) is 0 Å². The van der Waals surface area contributed by atoms with E-state index in [9.17, 15) is 4.79 Å². The van der Waals surface area contributed by atoms with Crippen LogP contribution in [-0.4, -0.2) is 32.2 Å². The number of nitrogens with zero attached hydrogens (tertiary/aromatic N) is 1. The first-order valence-electron chi connectivity index (χ1n) is 10.2. The van der Waals surface area contributed by atoms with Gasteiger partial charge in [-0.1, -0.05) is 52.0 Å². The summed E-state index contributed by atoms with van der Waals surface area (Å²) in [5.41, 5.74) is 12.7. The molecule has 0 aliphatic carbocycles. The van der Waals surface area contributed by atoms with E-state index in [0.29, 0.717) is 18.3 Å². The molecule has 1 amide bonds. The minimum Gasteiger partial charge on any atom is -0.378 e. The summed E-state index contributed by atoms with van der Waals surface area (Å²) >= 11 is 0. The van der Waals surface area contributed by atoms with E-state index in [4.69, 9.17) is 10.5 Å². The summed E-state index contributed by atoms with van der Waals surface area (Å²) in [6.45, 7) is 12.2. The number of amides is 1. The molecule has 4 nitrogen and oxygen atoms in total. The molecule has 1 saturated heterocycles. The van der Waals surface area contributed by atoms with Crippen molar-refractivity contribution in [1.82, 2.24) is 0 Å². The third-order valence-electron chi connectivity index (χ3n) is 5.49. The van der Waals surface area contributed by atoms with Gasteiger partial charge in [-0.3, -0.25) is 4.79 Å². The van der Waals surface area contributed by atoms with E-state index in [1.807, 2.05) is 0 Å². The highest BCUT2D eigenvalue weighted by Gasteiger charge is 2.18. The Labute approximate surface area is 168 Å². The SMILES string of the molecule is CC(C)c1cc(-c2ccc(N3CCOCC3)cc2)cc(C(C)C)c1CC(N)=O. The van der Waals surface area contributed by atoms with Crippen LogP contribution in [0.1, 0.15) is 56.2 Å². The molecule has 0 aromatic heterocycles. The number of hydrogen-bond acceptors (Lipinski definition) is 3. The highest BCUT2D eigenvalue weighted by molar-refractivity contribution is 5.79. The van der Waals surface area contributed by atoms with Crippen LogP contribution >= 0.6 is 0 Å². The van der Waals surface area contributed by atoms with Gasteiger partial charge in [0, 0.05) is 18.8 Å². The molecule has 150 valence electrons. The predicted octanol–water partition coefficient (Wildman–Crippen LogP) is 4.46. The highest BCUT2D eigenvalue weighted by atomic mass is 16.5. The van der Waals surface area contributed by atoms with Gasteiger partial charge in [0.2, 0.25) is 5.91 Å². The van der Waals surface area contributed by atoms with Crippen LogP contribution < -0.4 is 10.6 Å². The van der Waals surface area contributed by atoms with Gasteiger partial charge in [0.15, 0.2) is 0 Å². The third-order valence-corrected chi connectivity index (χ3v) is 5.49. The zero-order valence-electron chi connectivity index (χ0n) is 17.5. The Balaban J connectivity index is 2.00. The van der Waals surface area contributed by atoms with E-state index in [1.165, 1.54) is 27.9 Å². The molecule has 0 atom stereocenters. The molecule has 0 unspecified atom stereocenters. The van der Waals surface area contributed by atoms with Crippen molar-refractivity contribution in [3.05, 3.63) is 53.1 Å². The quantitative estimate of drug-likeness (QED) is 0.805. The van der Waals surface area contributed by atoms with Gasteiger partial charge in [0.25, 0.3) is 0 Å². The molecule has 1 heterocycles. The lowest BCUT2D eigenvalue weighted by molar-refractivity contribution is -0.117. The van der Waals surface area contributed by atoms with Gasteiger partial charge in [0.1, 0.15) is 0 Å². The molecule has 28 heavy (non-hydrogen) atoms. The Hall–Kier alpha value is -2.33. The summed E-state index contributed by atoms with van der Waals surface area (Å²) in [6.07, 6.45) is 0.303. The van der Waals surface area contributed by atoms with Gasteiger partial charge in [-0.15, -0.1) is 0 Å². The normalized spacial score (nSPS) is 14.7. The van der Waals surface area contributed by atoms with Crippen molar-refractivity contribution >= 4 is 11.6 Å². The van der Waals surface area contributed by atoms with Crippen molar-refractivity contribution in [1.29, 1.82) is 0 Å². The minimum atomic E-state index is -0.272. The van der Waals surface area contributed by atoms with Gasteiger partial charge < -0.3 is 15.4 Å². The van der Waals surface area contributed by atoms with Gasteiger partial charge in [-0.25, -0.2) is 0 Å². The van der Waals surface area contributed by atoms with Crippen molar-refractivity contribution < 1.29 is 9.53 Å². The van der Waals surface area contributed by atoms with Gasteiger partial charge in [-0.05, 0) is 51.8 Å². The molecule has 1 aliphatic heterocycles. The predicted molar refractivity (Wildman–Crippen MR) is 116 cm³/mol. The molecule has 3 rings (SSSR count). The molecule has 0 radical (unpaired) electrons. The second-order valence-electron chi connectivity index (χ2n) is 8.23. The van der Waals surface area contributed by atoms with Crippen LogP contribution in [0.3, 0.4) is 0 Å². The fourth-order valence-corrected chi connectivity index (χ4v) is 3.98. The largest absolute Gasteiger partial charge is 0.378 e. The van der Waals surface area contributed by atoms with Crippen LogP contribution in [0, 0.1) is 0 Å². The summed E-state index contributed by atoms with van der Waals surface area (Å²) < 4.78 is 5.45. The number of primary amides is 1. The zero-order valence-corrected chi connectivity index (χ0v) is 17.5. The first kappa shape index (κ1) is 20.4. The van der Waals surface area contributed by atoms with E-state index in [2.05, 4.69) is 69.0 Å². The van der Waals surface area contributed by atoms with Gasteiger partial charge >= 0.3 is 0 Å². The Morgan fingerprint density at radius 1 is 0.964 bits per heavy atom. The van der Waals surface area contributed by atoms with Crippen LogP contribution in [0.25, 0.3) is 11.1 Å². The fourth-order valence-electron chi connectivity index (χ4n) is 3.98. The van der Waals surface area contributed by atoms with E-state index in [1.54, 1.807) is 0 Å². The lowest BCUT2D eigenvalue weighted by Gasteiger charge is -2.29. The Kier molecular flexibility index (Phi) is 6.40. The van der Waals surface area contributed by atoms with Gasteiger partial charge in [-0.2, -0.15) is 0 Å². The van der Waals surface area contributed by atoms with Crippen molar-refractivity contribution in [2.75, 3.05) is 31.2 Å². The van der Waals surface area contributed by atoms with Crippen LogP contribution in [0.2, 0.25) is 0 Å². The molecule has 2 aromatic rings. The third kappa shape index (κ3) is 4.56.